The van der Waals surface area contributed by atoms with Crippen LogP contribution in [0.2, 0.25) is 0 Å². The lowest BCUT2D eigenvalue weighted by atomic mass is 9.94. The number of thiazole rings is 1. The molecular weight excluding hydrogens is 1120 g/mol. The maximum atomic E-state index is 17.2. The van der Waals surface area contributed by atoms with Crippen molar-refractivity contribution < 1.29 is 43.2 Å². The molecule has 8 heterocycles. The summed E-state index contributed by atoms with van der Waals surface area (Å²) in [5.74, 6) is -1.47. The number of aromatic hydroxyl groups is 1. The van der Waals surface area contributed by atoms with E-state index in [9.17, 15) is 24.9 Å². The van der Waals surface area contributed by atoms with E-state index in [-0.39, 0.29) is 83.3 Å². The Kier molecular flexibility index (Phi) is 16.2. The number of piperidine rings is 2. The molecule has 1 saturated carbocycles. The number of benzene rings is 3. The van der Waals surface area contributed by atoms with Gasteiger partial charge in [0.15, 0.2) is 5.82 Å². The zero-order valence-electron chi connectivity index (χ0n) is 49.1. The Morgan fingerprint density at radius 3 is 2.43 bits per heavy atom. The quantitative estimate of drug-likeness (QED) is 0.0626. The Hall–Kier alpha value is -7.86. The summed E-state index contributed by atoms with van der Waals surface area (Å²) in [4.78, 5) is 62.8. The summed E-state index contributed by atoms with van der Waals surface area (Å²) in [6.45, 7) is 14.7. The molecule has 86 heavy (non-hydrogen) atoms. The Morgan fingerprint density at radius 1 is 0.942 bits per heavy atom. The van der Waals surface area contributed by atoms with Crippen LogP contribution < -0.4 is 19.7 Å². The number of ether oxygens (including phenoxy) is 2. The summed E-state index contributed by atoms with van der Waals surface area (Å²) in [5, 5.41) is 45.9. The number of carbonyl (C=O) groups excluding carboxylic acids is 2. The maximum absolute atomic E-state index is 17.2. The van der Waals surface area contributed by atoms with Gasteiger partial charge in [0.1, 0.15) is 58.2 Å². The smallest absolute Gasteiger partial charge is 0.319 e. The highest BCUT2D eigenvalue weighted by Crippen LogP contribution is 2.47. The number of aryl methyl sites for hydroxylation is 2. The number of aromatic nitrogens is 9. The number of carbonyl (C=O) groups is 2. The third kappa shape index (κ3) is 12.0. The van der Waals surface area contributed by atoms with Crippen molar-refractivity contribution in [2.75, 3.05) is 50.8 Å². The van der Waals surface area contributed by atoms with Gasteiger partial charge in [-0.25, -0.2) is 28.4 Å². The molecule has 3 aromatic carbocycles. The lowest BCUT2D eigenvalue weighted by Gasteiger charge is -2.38. The number of fused-ring (bicyclic) bond motifs is 2. The first-order valence-corrected chi connectivity index (χ1v) is 30.5. The number of aliphatic hydroxyl groups excluding tert-OH is 1. The number of pyridine rings is 1. The normalized spacial score (nSPS) is 20.6. The second-order valence-electron chi connectivity index (χ2n) is 24.4. The second kappa shape index (κ2) is 23.8. The molecule has 2 amide bonds. The number of amides is 2. The Morgan fingerprint density at radius 2 is 1.73 bits per heavy atom. The van der Waals surface area contributed by atoms with Gasteiger partial charge in [-0.1, -0.05) is 56.3 Å². The van der Waals surface area contributed by atoms with Crippen LogP contribution in [-0.2, 0) is 16.0 Å². The molecule has 3 saturated heterocycles. The van der Waals surface area contributed by atoms with Gasteiger partial charge in [-0.3, -0.25) is 14.6 Å². The van der Waals surface area contributed by atoms with Gasteiger partial charge in [0, 0.05) is 62.9 Å². The molecule has 0 radical (unpaired) electrons. The first-order chi connectivity index (χ1) is 41.3. The number of aliphatic hydroxyl groups is 2. The molecular formula is C63H71F2N13O7S. The van der Waals surface area contributed by atoms with E-state index in [1.165, 1.54) is 34.0 Å². The number of hydrogen-bond donors (Lipinski definition) is 4. The van der Waals surface area contributed by atoms with Crippen molar-refractivity contribution in [1.29, 1.82) is 0 Å². The van der Waals surface area contributed by atoms with Gasteiger partial charge in [-0.05, 0) is 117 Å². The minimum atomic E-state index is -1.000. The summed E-state index contributed by atoms with van der Waals surface area (Å²) < 4.78 is 46.7. The number of nitrogens with one attached hydrogen (secondary N) is 1. The topological polar surface area (TPSA) is 243 Å². The van der Waals surface area contributed by atoms with Crippen molar-refractivity contribution in [2.24, 2.45) is 11.3 Å². The fraction of sp³-hybridized carbons (Fsp3) is 0.460. The third-order valence-corrected chi connectivity index (χ3v) is 18.4. The molecule has 4 fully saturated rings. The van der Waals surface area contributed by atoms with Crippen molar-refractivity contribution in [3.8, 4) is 50.7 Å². The molecule has 450 valence electrons. The maximum Gasteiger partial charge on any atom is 0.319 e. The van der Waals surface area contributed by atoms with E-state index in [1.807, 2.05) is 69.3 Å². The summed E-state index contributed by atoms with van der Waals surface area (Å²) in [7, 11) is 0. The van der Waals surface area contributed by atoms with Gasteiger partial charge in [0.05, 0.1) is 64.4 Å². The average Bonchev–Trinajstić information content (AvgIpc) is 1.28. The summed E-state index contributed by atoms with van der Waals surface area (Å²) in [5.41, 5.74) is 4.93. The number of nitrogens with zero attached hydrogens (tertiary/aromatic N) is 12. The highest BCUT2D eigenvalue weighted by Gasteiger charge is 2.46. The van der Waals surface area contributed by atoms with Gasteiger partial charge in [-0.2, -0.15) is 9.97 Å². The number of halogens is 2. The molecule has 12 rings (SSSR count). The Labute approximate surface area is 500 Å². The lowest BCUT2D eigenvalue weighted by Crippen LogP contribution is -2.49. The summed E-state index contributed by atoms with van der Waals surface area (Å²) in [6.07, 6.45) is 10.4. The highest BCUT2D eigenvalue weighted by molar-refractivity contribution is 7.13. The van der Waals surface area contributed by atoms with Crippen LogP contribution >= 0.6 is 11.3 Å². The minimum absolute atomic E-state index is 0.00205. The SMILES string of the molecule is CCc1c(F)ccc2cc(O)cc(-c3ncc4c(N5CCC[C@@](C)(O)C5)nc(OCC5(CN6CCC(Oc7cnc(-c8cn([C@H](C(=O)N9C[C@H](O)C[C@H]9C(=O)N[C@@H](C)c9ccc(-c%10scnc%10C)cc9)C(C)C)nn8)cn7)CC6)CC5)nc4c3F)c12. The molecule has 1 aliphatic carbocycles. The van der Waals surface area contributed by atoms with Crippen molar-refractivity contribution >= 4 is 50.6 Å². The minimum Gasteiger partial charge on any atom is -0.508 e. The molecule has 5 atom stereocenters. The van der Waals surface area contributed by atoms with Crippen molar-refractivity contribution in [3.05, 3.63) is 107 Å². The van der Waals surface area contributed by atoms with Crippen LogP contribution in [0.5, 0.6) is 17.6 Å². The van der Waals surface area contributed by atoms with Gasteiger partial charge < -0.3 is 44.8 Å². The molecule has 0 bridgehead atoms. The van der Waals surface area contributed by atoms with Crippen LogP contribution in [0.4, 0.5) is 14.6 Å². The fourth-order valence-corrected chi connectivity index (χ4v) is 13.4. The van der Waals surface area contributed by atoms with E-state index in [1.54, 1.807) is 42.9 Å². The van der Waals surface area contributed by atoms with E-state index in [0.29, 0.717) is 77.2 Å². The van der Waals surface area contributed by atoms with Crippen LogP contribution in [0, 0.1) is 29.9 Å². The summed E-state index contributed by atoms with van der Waals surface area (Å²) >= 11 is 1.58. The van der Waals surface area contributed by atoms with Crippen LogP contribution in [-0.4, -0.2) is 152 Å². The highest BCUT2D eigenvalue weighted by atomic mass is 32.1. The predicted molar refractivity (Wildman–Crippen MR) is 320 cm³/mol. The van der Waals surface area contributed by atoms with Gasteiger partial charge >= 0.3 is 6.01 Å². The molecule has 0 unspecified atom stereocenters. The van der Waals surface area contributed by atoms with E-state index >= 15 is 8.78 Å². The number of anilines is 1. The standard InChI is InChI=1S/C63H71F2N13O7S/c1-7-44-47(64)14-13-40-23-41(79)24-45(52(40)44)54-53(65)55-46(26-68-54)58(76-20-8-17-62(6,83)31-76)72-61(71-55)84-33-63(18-19-63)32-75-21-15-43(16-22-75)85-51-28-66-48(27-67-51)49-30-78(74-73-49)56(35(2)3)60(82)77-29-42(80)25-50(77)59(81)70-36(4)38-9-11-39(12-10-38)57-37(5)69-34-86-57/h9-14,23-24,26-28,30,34-36,42-43,50,56,79-80,83H,7-8,15-22,25,29,31-33H2,1-6H3,(H,70,81)/t36-,42+,50-,56-,62+/m0/s1. The average molecular weight is 1190 g/mol. The van der Waals surface area contributed by atoms with Crippen LogP contribution in [0.25, 0.3) is 54.8 Å². The molecule has 4 aliphatic rings. The van der Waals surface area contributed by atoms with E-state index < -0.39 is 35.4 Å². The van der Waals surface area contributed by atoms with E-state index in [2.05, 4.69) is 45.4 Å². The first-order valence-electron chi connectivity index (χ1n) is 29.7. The van der Waals surface area contributed by atoms with Gasteiger partial charge in [0.2, 0.25) is 17.7 Å². The third-order valence-electron chi connectivity index (χ3n) is 17.4. The molecule has 0 spiro atoms. The number of likely N-dealkylation sites (tertiary alicyclic amines) is 2. The molecule has 8 aromatic rings. The Balaban J connectivity index is 0.666. The number of hydrogen-bond acceptors (Lipinski definition) is 18. The van der Waals surface area contributed by atoms with Crippen LogP contribution in [0.1, 0.15) is 108 Å². The largest absolute Gasteiger partial charge is 0.508 e. The zero-order chi connectivity index (χ0) is 60.2. The second-order valence-corrected chi connectivity index (χ2v) is 25.3. The first kappa shape index (κ1) is 58.5. The van der Waals surface area contributed by atoms with E-state index in [0.717, 1.165) is 67.0 Å². The molecule has 23 heteroatoms. The molecule has 3 aliphatic heterocycles. The molecule has 5 aromatic heterocycles. The number of β-amino-alcohol motifs (C(OH)–C–C–N with tert-alkyl or cyclic N) is 2. The monoisotopic (exact) mass is 1190 g/mol. The van der Waals surface area contributed by atoms with Crippen molar-refractivity contribution in [1.82, 2.24) is 60.0 Å². The van der Waals surface area contributed by atoms with Crippen LogP contribution in [0.15, 0.2) is 78.8 Å². The van der Waals surface area contributed by atoms with Crippen molar-refractivity contribution in [2.45, 2.75) is 129 Å². The number of phenolic OH excluding ortho intramolecular Hbond substituents is 1. The van der Waals surface area contributed by atoms with Crippen molar-refractivity contribution in [3.63, 3.8) is 0 Å². The fourth-order valence-electron chi connectivity index (χ4n) is 12.6. The number of rotatable bonds is 18. The predicted octanol–water partition coefficient (Wildman–Crippen LogP) is 8.96. The van der Waals surface area contributed by atoms with E-state index in [4.69, 9.17) is 14.5 Å². The Bertz CT molecular complexity index is 3820. The lowest BCUT2D eigenvalue weighted by molar-refractivity contribution is -0.142. The number of phenols is 1. The van der Waals surface area contributed by atoms with Gasteiger partial charge in [0.25, 0.3) is 0 Å². The van der Waals surface area contributed by atoms with Crippen LogP contribution in [0.3, 0.4) is 0 Å². The molecule has 4 N–H and O–H groups in total. The molecule has 20 nitrogen and oxygen atoms in total. The van der Waals surface area contributed by atoms with Gasteiger partial charge in [-0.15, -0.1) is 16.4 Å². The zero-order valence-corrected chi connectivity index (χ0v) is 49.9. The summed E-state index contributed by atoms with van der Waals surface area (Å²) in [6, 6.07) is 11.8.